The predicted octanol–water partition coefficient (Wildman–Crippen LogP) is 1.25. The topological polar surface area (TPSA) is 43.0 Å². The summed E-state index contributed by atoms with van der Waals surface area (Å²) < 4.78 is 7.57. The first-order valence-corrected chi connectivity index (χ1v) is 4.73. The third-order valence-corrected chi connectivity index (χ3v) is 2.57. The van der Waals surface area contributed by atoms with Crippen LogP contribution in [0.25, 0.3) is 11.5 Å². The number of oxazole rings is 1. The number of hydrogen-bond acceptors (Lipinski definition) is 3. The van der Waals surface area contributed by atoms with E-state index in [1.165, 1.54) is 12.1 Å². The predicted molar refractivity (Wildman–Crippen MR) is 51.6 cm³/mol. The Balaban J connectivity index is 2.11. The summed E-state index contributed by atoms with van der Waals surface area (Å²) in [5, 5.41) is 3.33. The van der Waals surface area contributed by atoms with E-state index < -0.39 is 0 Å². The Hall–Kier alpha value is -1.55. The van der Waals surface area contributed by atoms with Gasteiger partial charge in [-0.1, -0.05) is 0 Å². The highest BCUT2D eigenvalue weighted by Crippen LogP contribution is 2.23. The summed E-state index contributed by atoms with van der Waals surface area (Å²) in [7, 11) is 0. The van der Waals surface area contributed by atoms with Crippen molar-refractivity contribution in [3.05, 3.63) is 30.4 Å². The minimum Gasteiger partial charge on any atom is -0.442 e. The molecule has 0 saturated heterocycles. The van der Waals surface area contributed by atoms with E-state index in [-0.39, 0.29) is 0 Å². The molecule has 0 unspecified atom stereocenters. The van der Waals surface area contributed by atoms with Gasteiger partial charge in [0.2, 0.25) is 0 Å². The van der Waals surface area contributed by atoms with Gasteiger partial charge in [-0.2, -0.15) is 0 Å². The molecule has 0 spiro atoms. The zero-order chi connectivity index (χ0) is 9.38. The summed E-state index contributed by atoms with van der Waals surface area (Å²) in [6, 6.07) is 4.22. The van der Waals surface area contributed by atoms with Gasteiger partial charge in [0.05, 0.1) is 11.9 Å². The highest BCUT2D eigenvalue weighted by atomic mass is 16.3. The highest BCUT2D eigenvalue weighted by molar-refractivity contribution is 5.53. The van der Waals surface area contributed by atoms with Gasteiger partial charge in [-0.25, -0.2) is 4.98 Å². The molecule has 1 N–H and O–H groups in total. The van der Waals surface area contributed by atoms with E-state index in [9.17, 15) is 0 Å². The maximum absolute atomic E-state index is 5.29. The zero-order valence-electron chi connectivity index (χ0n) is 7.73. The van der Waals surface area contributed by atoms with Crippen LogP contribution in [0.1, 0.15) is 5.69 Å². The Bertz CT molecular complexity index is 430. The molecule has 14 heavy (non-hydrogen) atoms. The van der Waals surface area contributed by atoms with Crippen LogP contribution in [0.5, 0.6) is 0 Å². The average Bonchev–Trinajstić information content (AvgIpc) is 2.85. The van der Waals surface area contributed by atoms with Gasteiger partial charge in [0.25, 0.3) is 0 Å². The molecule has 0 atom stereocenters. The molecule has 0 radical (unpaired) electrons. The van der Waals surface area contributed by atoms with Crippen LogP contribution < -0.4 is 5.32 Å². The first-order valence-electron chi connectivity index (χ1n) is 4.73. The summed E-state index contributed by atoms with van der Waals surface area (Å²) in [5.41, 5.74) is 2.43. The Morgan fingerprint density at radius 3 is 3.29 bits per heavy atom. The zero-order valence-corrected chi connectivity index (χ0v) is 7.73. The van der Waals surface area contributed by atoms with Gasteiger partial charge >= 0.3 is 0 Å². The fraction of sp³-hybridized carbons (Fsp3) is 0.300. The number of fused-ring (bicyclic) bond motifs is 1. The minimum atomic E-state index is 0.846. The second kappa shape index (κ2) is 2.99. The van der Waals surface area contributed by atoms with Gasteiger partial charge < -0.3 is 14.3 Å². The maximum Gasteiger partial charge on any atom is 0.181 e. The summed E-state index contributed by atoms with van der Waals surface area (Å²) in [5.74, 6) is 0.846. The van der Waals surface area contributed by atoms with Gasteiger partial charge in [0.15, 0.2) is 12.2 Å². The van der Waals surface area contributed by atoms with Crippen molar-refractivity contribution >= 4 is 0 Å². The first kappa shape index (κ1) is 7.82. The monoisotopic (exact) mass is 189 g/mol. The van der Waals surface area contributed by atoms with Crippen LogP contribution in [0.15, 0.2) is 29.1 Å². The molecule has 3 rings (SSSR count). The van der Waals surface area contributed by atoms with Crippen LogP contribution in [0.3, 0.4) is 0 Å². The van der Waals surface area contributed by atoms with Gasteiger partial charge in [-0.3, -0.25) is 0 Å². The molecule has 0 aliphatic carbocycles. The minimum absolute atomic E-state index is 0.846. The molecular weight excluding hydrogens is 178 g/mol. The molecule has 0 bridgehead atoms. The Morgan fingerprint density at radius 1 is 1.43 bits per heavy atom. The summed E-state index contributed by atoms with van der Waals surface area (Å²) in [6.45, 7) is 2.95. The second-order valence-electron chi connectivity index (χ2n) is 3.40. The number of aromatic nitrogens is 2. The molecule has 1 aliphatic rings. The molecule has 4 heteroatoms. The molecule has 0 amide bonds. The third-order valence-electron chi connectivity index (χ3n) is 2.57. The van der Waals surface area contributed by atoms with Crippen LogP contribution in [0, 0.1) is 0 Å². The Morgan fingerprint density at radius 2 is 2.43 bits per heavy atom. The van der Waals surface area contributed by atoms with Crippen molar-refractivity contribution in [2.45, 2.75) is 13.1 Å². The SMILES string of the molecule is c1ncc(-c2ccc3n2CCNC3)o1. The van der Waals surface area contributed by atoms with Crippen molar-refractivity contribution in [1.29, 1.82) is 0 Å². The van der Waals surface area contributed by atoms with E-state index in [0.29, 0.717) is 0 Å². The molecule has 3 heterocycles. The van der Waals surface area contributed by atoms with Gasteiger partial charge in [0, 0.05) is 25.3 Å². The van der Waals surface area contributed by atoms with Gasteiger partial charge in [0.1, 0.15) is 0 Å². The fourth-order valence-electron chi connectivity index (χ4n) is 1.89. The van der Waals surface area contributed by atoms with E-state index in [1.54, 1.807) is 6.20 Å². The highest BCUT2D eigenvalue weighted by Gasteiger charge is 2.14. The van der Waals surface area contributed by atoms with Crippen LogP contribution in [0.4, 0.5) is 0 Å². The molecule has 0 aromatic carbocycles. The van der Waals surface area contributed by atoms with Crippen LogP contribution in [-0.4, -0.2) is 16.1 Å². The summed E-state index contributed by atoms with van der Waals surface area (Å²) >= 11 is 0. The fourth-order valence-corrected chi connectivity index (χ4v) is 1.89. The molecule has 72 valence electrons. The number of hydrogen-bond donors (Lipinski definition) is 1. The molecule has 0 saturated carbocycles. The lowest BCUT2D eigenvalue weighted by Crippen LogP contribution is -2.27. The molecule has 2 aromatic heterocycles. The van der Waals surface area contributed by atoms with Crippen molar-refractivity contribution in [2.24, 2.45) is 0 Å². The lowest BCUT2D eigenvalue weighted by Gasteiger charge is -2.18. The maximum atomic E-state index is 5.29. The smallest absolute Gasteiger partial charge is 0.181 e. The molecular formula is C10H11N3O. The van der Waals surface area contributed by atoms with Crippen molar-refractivity contribution < 1.29 is 4.42 Å². The molecule has 0 fully saturated rings. The second-order valence-corrected chi connectivity index (χ2v) is 3.40. The average molecular weight is 189 g/mol. The molecule has 4 nitrogen and oxygen atoms in total. The quantitative estimate of drug-likeness (QED) is 0.734. The third kappa shape index (κ3) is 1.08. The summed E-state index contributed by atoms with van der Waals surface area (Å²) in [4.78, 5) is 3.93. The Kier molecular flexibility index (Phi) is 1.67. The van der Waals surface area contributed by atoms with E-state index in [0.717, 1.165) is 31.1 Å². The lowest BCUT2D eigenvalue weighted by molar-refractivity contribution is 0.509. The van der Waals surface area contributed by atoms with Crippen molar-refractivity contribution in [2.75, 3.05) is 6.54 Å². The van der Waals surface area contributed by atoms with Crippen LogP contribution >= 0.6 is 0 Å². The molecule has 1 aliphatic heterocycles. The van der Waals surface area contributed by atoms with Crippen molar-refractivity contribution in [3.8, 4) is 11.5 Å². The first-order chi connectivity index (χ1) is 6.95. The number of rotatable bonds is 1. The lowest BCUT2D eigenvalue weighted by atomic mass is 10.3. The summed E-state index contributed by atoms with van der Waals surface area (Å²) in [6.07, 6.45) is 3.22. The van der Waals surface area contributed by atoms with E-state index in [2.05, 4.69) is 27.0 Å². The number of nitrogens with one attached hydrogen (secondary N) is 1. The number of nitrogens with zero attached hydrogens (tertiary/aromatic N) is 2. The molecule has 2 aromatic rings. The standard InChI is InChI=1S/C10H11N3O/c1-2-9(10-6-12-7-14-10)13-4-3-11-5-8(1)13/h1-2,6-7,11H,3-5H2. The largest absolute Gasteiger partial charge is 0.442 e. The Labute approximate surface area is 81.6 Å². The van der Waals surface area contributed by atoms with Crippen molar-refractivity contribution in [1.82, 2.24) is 14.9 Å². The van der Waals surface area contributed by atoms with E-state index in [1.807, 2.05) is 0 Å². The van der Waals surface area contributed by atoms with Crippen LogP contribution in [0.2, 0.25) is 0 Å². The van der Waals surface area contributed by atoms with E-state index in [4.69, 9.17) is 4.42 Å². The van der Waals surface area contributed by atoms with Crippen molar-refractivity contribution in [3.63, 3.8) is 0 Å². The van der Waals surface area contributed by atoms with Gasteiger partial charge in [-0.05, 0) is 12.1 Å². The van der Waals surface area contributed by atoms with Crippen LogP contribution in [-0.2, 0) is 13.1 Å². The van der Waals surface area contributed by atoms with Gasteiger partial charge in [-0.15, -0.1) is 0 Å². The normalized spacial score (nSPS) is 15.4. The van der Waals surface area contributed by atoms with E-state index >= 15 is 0 Å².